The molecule has 2 rings (SSSR count). The van der Waals surface area contributed by atoms with Crippen LogP contribution in [0.1, 0.15) is 12.5 Å². The van der Waals surface area contributed by atoms with Crippen molar-refractivity contribution in [2.45, 2.75) is 13.3 Å². The zero-order valence-corrected chi connectivity index (χ0v) is 10.1. The van der Waals surface area contributed by atoms with Gasteiger partial charge in [-0.15, -0.1) is 0 Å². The Kier molecular flexibility index (Phi) is 2.58. The number of benzene rings is 1. The topological polar surface area (TPSA) is 38.9 Å². The van der Waals surface area contributed by atoms with E-state index in [9.17, 15) is 0 Å². The number of rotatable bonds is 1. The molecule has 0 fully saturated rings. The van der Waals surface area contributed by atoms with Crippen LogP contribution in [0, 0.1) is 3.57 Å². The van der Waals surface area contributed by atoms with E-state index in [1.54, 1.807) is 0 Å². The van der Waals surface area contributed by atoms with Crippen molar-refractivity contribution in [3.8, 4) is 0 Å². The molecule has 0 radical (unpaired) electrons. The Morgan fingerprint density at radius 1 is 1.43 bits per heavy atom. The molecular formula is C11H11IN2. The highest BCUT2D eigenvalue weighted by Crippen LogP contribution is 2.25. The molecule has 3 heteroatoms. The van der Waals surface area contributed by atoms with Gasteiger partial charge in [-0.2, -0.15) is 0 Å². The van der Waals surface area contributed by atoms with Crippen LogP contribution in [0.15, 0.2) is 24.4 Å². The van der Waals surface area contributed by atoms with Crippen LogP contribution in [0.25, 0.3) is 10.9 Å². The molecule has 0 amide bonds. The van der Waals surface area contributed by atoms with E-state index in [0.29, 0.717) is 0 Å². The quantitative estimate of drug-likeness (QED) is 0.822. The van der Waals surface area contributed by atoms with Gasteiger partial charge in [0, 0.05) is 11.6 Å². The molecule has 14 heavy (non-hydrogen) atoms. The van der Waals surface area contributed by atoms with Gasteiger partial charge in [-0.05, 0) is 46.7 Å². The first-order valence-electron chi connectivity index (χ1n) is 4.55. The smallest absolute Gasteiger partial charge is 0.0723 e. The summed E-state index contributed by atoms with van der Waals surface area (Å²) in [6.07, 6.45) is 2.84. The summed E-state index contributed by atoms with van der Waals surface area (Å²) >= 11 is 2.21. The van der Waals surface area contributed by atoms with Crippen LogP contribution < -0.4 is 5.73 Å². The molecule has 0 unspecified atom stereocenters. The van der Waals surface area contributed by atoms with Gasteiger partial charge < -0.3 is 5.73 Å². The van der Waals surface area contributed by atoms with E-state index < -0.39 is 0 Å². The average molecular weight is 298 g/mol. The lowest BCUT2D eigenvalue weighted by atomic mass is 10.1. The summed E-state index contributed by atoms with van der Waals surface area (Å²) in [5.74, 6) is 0. The second-order valence-corrected chi connectivity index (χ2v) is 4.39. The van der Waals surface area contributed by atoms with Gasteiger partial charge in [-0.25, -0.2) is 0 Å². The van der Waals surface area contributed by atoms with Crippen molar-refractivity contribution in [2.24, 2.45) is 0 Å². The summed E-state index contributed by atoms with van der Waals surface area (Å²) in [5, 5.41) is 1.07. The molecule has 2 nitrogen and oxygen atoms in total. The largest absolute Gasteiger partial charge is 0.397 e. The minimum absolute atomic E-state index is 0.839. The number of aromatic nitrogens is 1. The van der Waals surface area contributed by atoms with Crippen LogP contribution in [-0.4, -0.2) is 4.98 Å². The van der Waals surface area contributed by atoms with E-state index in [4.69, 9.17) is 5.73 Å². The lowest BCUT2D eigenvalue weighted by molar-refractivity contribution is 1.14. The van der Waals surface area contributed by atoms with E-state index in [-0.39, 0.29) is 0 Å². The van der Waals surface area contributed by atoms with Gasteiger partial charge in [-0.1, -0.05) is 13.0 Å². The monoisotopic (exact) mass is 298 g/mol. The van der Waals surface area contributed by atoms with Crippen LogP contribution in [-0.2, 0) is 6.42 Å². The van der Waals surface area contributed by atoms with Gasteiger partial charge in [0.1, 0.15) is 0 Å². The van der Waals surface area contributed by atoms with Gasteiger partial charge >= 0.3 is 0 Å². The predicted octanol–water partition coefficient (Wildman–Crippen LogP) is 2.98. The second kappa shape index (κ2) is 3.73. The first kappa shape index (κ1) is 9.71. The SMILES string of the molecule is CCc1ccc2ncc(I)c(N)c2c1. The number of pyridine rings is 1. The molecule has 0 aliphatic heterocycles. The maximum atomic E-state index is 5.99. The third-order valence-electron chi connectivity index (χ3n) is 2.33. The van der Waals surface area contributed by atoms with Crippen molar-refractivity contribution in [3.63, 3.8) is 0 Å². The lowest BCUT2D eigenvalue weighted by Crippen LogP contribution is -1.94. The van der Waals surface area contributed by atoms with Gasteiger partial charge in [0.2, 0.25) is 0 Å². The molecule has 2 N–H and O–H groups in total. The fourth-order valence-electron chi connectivity index (χ4n) is 1.46. The highest BCUT2D eigenvalue weighted by molar-refractivity contribution is 14.1. The molecule has 0 saturated heterocycles. The molecule has 0 saturated carbocycles. The third-order valence-corrected chi connectivity index (χ3v) is 3.19. The molecule has 1 aromatic carbocycles. The summed E-state index contributed by atoms with van der Waals surface area (Å²) in [7, 11) is 0. The van der Waals surface area contributed by atoms with Crippen molar-refractivity contribution >= 4 is 39.2 Å². The van der Waals surface area contributed by atoms with Crippen molar-refractivity contribution in [1.29, 1.82) is 0 Å². The molecule has 1 aromatic heterocycles. The van der Waals surface area contributed by atoms with E-state index in [1.807, 2.05) is 12.3 Å². The number of nitrogens with two attached hydrogens (primary N) is 1. The fourth-order valence-corrected chi connectivity index (χ4v) is 1.89. The highest BCUT2D eigenvalue weighted by Gasteiger charge is 2.03. The van der Waals surface area contributed by atoms with E-state index in [2.05, 4.69) is 46.6 Å². The lowest BCUT2D eigenvalue weighted by Gasteiger charge is -2.05. The van der Waals surface area contributed by atoms with Crippen molar-refractivity contribution < 1.29 is 0 Å². The normalized spacial score (nSPS) is 10.7. The first-order chi connectivity index (χ1) is 6.72. The number of hydrogen-bond acceptors (Lipinski definition) is 2. The minimum Gasteiger partial charge on any atom is -0.397 e. The molecule has 0 atom stereocenters. The number of nitrogen functional groups attached to an aromatic ring is 1. The molecule has 2 aromatic rings. The van der Waals surface area contributed by atoms with Crippen molar-refractivity contribution in [3.05, 3.63) is 33.5 Å². The van der Waals surface area contributed by atoms with Crippen LogP contribution in [0.3, 0.4) is 0 Å². The summed E-state index contributed by atoms with van der Waals surface area (Å²) in [6.45, 7) is 2.14. The maximum absolute atomic E-state index is 5.99. The van der Waals surface area contributed by atoms with Crippen LogP contribution in [0.5, 0.6) is 0 Å². The van der Waals surface area contributed by atoms with Gasteiger partial charge in [0.15, 0.2) is 0 Å². The van der Waals surface area contributed by atoms with E-state index in [1.165, 1.54) is 5.56 Å². The highest BCUT2D eigenvalue weighted by atomic mass is 127. The molecular weight excluding hydrogens is 287 g/mol. The molecule has 0 aliphatic rings. The number of halogens is 1. The Hall–Kier alpha value is -0.840. The van der Waals surface area contributed by atoms with Crippen LogP contribution in [0.4, 0.5) is 5.69 Å². The number of nitrogens with zero attached hydrogens (tertiary/aromatic N) is 1. The zero-order valence-electron chi connectivity index (χ0n) is 7.92. The van der Waals surface area contributed by atoms with E-state index in [0.717, 1.165) is 26.6 Å². The Morgan fingerprint density at radius 2 is 2.21 bits per heavy atom. The fraction of sp³-hybridized carbons (Fsp3) is 0.182. The van der Waals surface area contributed by atoms with Crippen molar-refractivity contribution in [2.75, 3.05) is 5.73 Å². The number of anilines is 1. The standard InChI is InChI=1S/C11H11IN2/c1-2-7-3-4-10-8(5-7)11(13)9(12)6-14-10/h3-6H,2H2,1H3,(H2,13,14). The first-order valence-corrected chi connectivity index (χ1v) is 5.63. The Balaban J connectivity index is 2.78. The second-order valence-electron chi connectivity index (χ2n) is 3.22. The van der Waals surface area contributed by atoms with Gasteiger partial charge in [0.05, 0.1) is 14.8 Å². The molecule has 1 heterocycles. The summed E-state index contributed by atoms with van der Waals surface area (Å²) < 4.78 is 1.02. The van der Waals surface area contributed by atoms with Gasteiger partial charge in [-0.3, -0.25) is 4.98 Å². The van der Waals surface area contributed by atoms with Gasteiger partial charge in [0.25, 0.3) is 0 Å². The molecule has 0 spiro atoms. The minimum atomic E-state index is 0.839. The van der Waals surface area contributed by atoms with Crippen LogP contribution >= 0.6 is 22.6 Å². The molecule has 0 bridgehead atoms. The molecule has 0 aliphatic carbocycles. The average Bonchev–Trinajstić information content (AvgIpc) is 2.23. The number of fused-ring (bicyclic) bond motifs is 1. The number of hydrogen-bond donors (Lipinski definition) is 1. The predicted molar refractivity (Wildman–Crippen MR) is 68.3 cm³/mol. The Labute approximate surface area is 96.7 Å². The summed E-state index contributed by atoms with van der Waals surface area (Å²) in [4.78, 5) is 4.33. The number of aryl methyl sites for hydroxylation is 1. The Morgan fingerprint density at radius 3 is 2.93 bits per heavy atom. The summed E-state index contributed by atoms with van der Waals surface area (Å²) in [5.41, 5.74) is 9.10. The third kappa shape index (κ3) is 1.56. The van der Waals surface area contributed by atoms with Crippen molar-refractivity contribution in [1.82, 2.24) is 4.98 Å². The molecule has 72 valence electrons. The zero-order chi connectivity index (χ0) is 10.1. The van der Waals surface area contributed by atoms with E-state index >= 15 is 0 Å². The summed E-state index contributed by atoms with van der Waals surface area (Å²) in [6, 6.07) is 6.25. The Bertz CT molecular complexity index is 480. The maximum Gasteiger partial charge on any atom is 0.0723 e. The van der Waals surface area contributed by atoms with Crippen LogP contribution in [0.2, 0.25) is 0 Å².